The highest BCUT2D eigenvalue weighted by Crippen LogP contribution is 2.35. The Kier molecular flexibility index (Phi) is 7.05. The van der Waals surface area contributed by atoms with E-state index in [1.54, 1.807) is 0 Å². The summed E-state index contributed by atoms with van der Waals surface area (Å²) in [5, 5.41) is 0.707. The van der Waals surface area contributed by atoms with Gasteiger partial charge in [0.25, 0.3) is 0 Å². The van der Waals surface area contributed by atoms with Crippen LogP contribution < -0.4 is 9.64 Å². The molecule has 6 heteroatoms. The highest BCUT2D eigenvalue weighted by Gasteiger charge is 2.35. The minimum atomic E-state index is 0.0742. The SMILES string of the molecule is CCc1ccccc1N1CC(c2nc3ccccc3n2CCCCOc2ccc(Cl)cc2)CC1=O. The van der Waals surface area contributed by atoms with Gasteiger partial charge in [0, 0.05) is 36.1 Å². The lowest BCUT2D eigenvalue weighted by Gasteiger charge is -2.20. The molecule has 5 rings (SSSR count). The van der Waals surface area contributed by atoms with Crippen LogP contribution in [0.3, 0.4) is 0 Å². The van der Waals surface area contributed by atoms with Crippen molar-refractivity contribution in [2.24, 2.45) is 0 Å². The second-order valence-electron chi connectivity index (χ2n) is 9.01. The van der Waals surface area contributed by atoms with Crippen LogP contribution in [-0.2, 0) is 17.8 Å². The van der Waals surface area contributed by atoms with Gasteiger partial charge in [0.1, 0.15) is 11.6 Å². The molecule has 35 heavy (non-hydrogen) atoms. The summed E-state index contributed by atoms with van der Waals surface area (Å²) in [6.07, 6.45) is 3.28. The van der Waals surface area contributed by atoms with E-state index in [1.165, 1.54) is 5.56 Å². The maximum absolute atomic E-state index is 13.1. The van der Waals surface area contributed by atoms with E-state index < -0.39 is 0 Å². The number of rotatable bonds is 9. The van der Waals surface area contributed by atoms with Gasteiger partial charge < -0.3 is 14.2 Å². The van der Waals surface area contributed by atoms with E-state index in [0.717, 1.165) is 54.1 Å². The topological polar surface area (TPSA) is 47.4 Å². The number of carbonyl (C=O) groups is 1. The van der Waals surface area contributed by atoms with Crippen LogP contribution in [-0.4, -0.2) is 28.6 Å². The summed E-state index contributed by atoms with van der Waals surface area (Å²) in [6, 6.07) is 23.9. The third kappa shape index (κ3) is 5.06. The van der Waals surface area contributed by atoms with Crippen molar-refractivity contribution in [2.45, 2.75) is 45.1 Å². The quantitative estimate of drug-likeness (QED) is 0.249. The number of imidazole rings is 1. The van der Waals surface area contributed by atoms with Gasteiger partial charge in [-0.05, 0) is 67.3 Å². The highest BCUT2D eigenvalue weighted by molar-refractivity contribution is 6.30. The number of halogens is 1. The number of hydrogen-bond acceptors (Lipinski definition) is 3. The molecule has 4 aromatic rings. The molecule has 1 saturated heterocycles. The van der Waals surface area contributed by atoms with Gasteiger partial charge in [-0.1, -0.05) is 48.9 Å². The van der Waals surface area contributed by atoms with Gasteiger partial charge in [-0.3, -0.25) is 4.79 Å². The molecule has 2 heterocycles. The second-order valence-corrected chi connectivity index (χ2v) is 9.44. The van der Waals surface area contributed by atoms with Gasteiger partial charge in [-0.25, -0.2) is 4.98 Å². The number of aromatic nitrogens is 2. The van der Waals surface area contributed by atoms with E-state index in [2.05, 4.69) is 41.8 Å². The maximum Gasteiger partial charge on any atom is 0.227 e. The predicted molar refractivity (Wildman–Crippen MR) is 141 cm³/mol. The maximum atomic E-state index is 13.1. The fraction of sp³-hybridized carbons (Fsp3) is 0.310. The number of hydrogen-bond donors (Lipinski definition) is 0. The van der Waals surface area contributed by atoms with Gasteiger partial charge >= 0.3 is 0 Å². The smallest absolute Gasteiger partial charge is 0.227 e. The number of carbonyl (C=O) groups excluding carboxylic acids is 1. The Morgan fingerprint density at radius 2 is 1.77 bits per heavy atom. The molecule has 180 valence electrons. The predicted octanol–water partition coefficient (Wildman–Crippen LogP) is 6.63. The summed E-state index contributed by atoms with van der Waals surface area (Å²) in [4.78, 5) is 20.0. The van der Waals surface area contributed by atoms with Crippen molar-refractivity contribution in [1.29, 1.82) is 0 Å². The van der Waals surface area contributed by atoms with E-state index in [-0.39, 0.29) is 11.8 Å². The molecule has 0 aliphatic carbocycles. The van der Waals surface area contributed by atoms with Crippen molar-refractivity contribution >= 4 is 34.2 Å². The molecule has 0 radical (unpaired) electrons. The van der Waals surface area contributed by atoms with Gasteiger partial charge in [0.2, 0.25) is 5.91 Å². The summed E-state index contributed by atoms with van der Waals surface area (Å²) < 4.78 is 8.17. The van der Waals surface area contributed by atoms with Crippen molar-refractivity contribution in [3.05, 3.63) is 89.2 Å². The van der Waals surface area contributed by atoms with Gasteiger partial charge in [0.05, 0.1) is 17.6 Å². The highest BCUT2D eigenvalue weighted by atomic mass is 35.5. The normalized spacial score (nSPS) is 15.8. The van der Waals surface area contributed by atoms with Crippen LogP contribution in [0.5, 0.6) is 5.75 Å². The van der Waals surface area contributed by atoms with Gasteiger partial charge in [0.15, 0.2) is 0 Å². The third-order valence-electron chi connectivity index (χ3n) is 6.70. The van der Waals surface area contributed by atoms with Crippen molar-refractivity contribution in [1.82, 2.24) is 9.55 Å². The Hall–Kier alpha value is -3.31. The molecule has 1 aliphatic heterocycles. The molecule has 3 aromatic carbocycles. The van der Waals surface area contributed by atoms with Crippen molar-refractivity contribution in [3.8, 4) is 5.75 Å². The molecule has 5 nitrogen and oxygen atoms in total. The van der Waals surface area contributed by atoms with E-state index in [4.69, 9.17) is 21.3 Å². The van der Waals surface area contributed by atoms with Crippen molar-refractivity contribution < 1.29 is 9.53 Å². The van der Waals surface area contributed by atoms with E-state index in [0.29, 0.717) is 24.6 Å². The molecule has 1 atom stereocenters. The number of fused-ring (bicyclic) bond motifs is 1. The number of anilines is 1. The standard InChI is InChI=1S/C29H30ClN3O2/c1-2-21-9-3-5-11-26(21)33-20-22(19-28(33)34)29-31-25-10-4-6-12-27(25)32(29)17-7-8-18-35-24-15-13-23(30)14-16-24/h3-6,9-16,22H,2,7-8,17-20H2,1H3. The third-order valence-corrected chi connectivity index (χ3v) is 6.95. The largest absolute Gasteiger partial charge is 0.494 e. The Balaban J connectivity index is 1.30. The first-order valence-corrected chi connectivity index (χ1v) is 12.7. The molecule has 1 aliphatic rings. The Labute approximate surface area is 211 Å². The van der Waals surface area contributed by atoms with E-state index >= 15 is 0 Å². The average molecular weight is 488 g/mol. The second kappa shape index (κ2) is 10.5. The van der Waals surface area contributed by atoms with Crippen molar-refractivity contribution in [2.75, 3.05) is 18.1 Å². The summed E-state index contributed by atoms with van der Waals surface area (Å²) in [5.41, 5.74) is 4.35. The van der Waals surface area contributed by atoms with Crippen LogP contribution in [0, 0.1) is 0 Å². The number of benzene rings is 3. The van der Waals surface area contributed by atoms with Gasteiger partial charge in [-0.15, -0.1) is 0 Å². The fourth-order valence-corrected chi connectivity index (χ4v) is 5.05. The first kappa shape index (κ1) is 23.4. The molecule has 1 unspecified atom stereocenters. The number of ether oxygens (including phenoxy) is 1. The molecule has 0 N–H and O–H groups in total. The van der Waals surface area contributed by atoms with Crippen LogP contribution >= 0.6 is 11.6 Å². The molecular weight excluding hydrogens is 458 g/mol. The Morgan fingerprint density at radius 3 is 2.60 bits per heavy atom. The lowest BCUT2D eigenvalue weighted by molar-refractivity contribution is -0.117. The van der Waals surface area contributed by atoms with Crippen LogP contribution in [0.4, 0.5) is 5.69 Å². The van der Waals surface area contributed by atoms with Crippen LogP contribution in [0.2, 0.25) is 5.02 Å². The molecule has 1 amide bonds. The first-order chi connectivity index (χ1) is 17.1. The van der Waals surface area contributed by atoms with Crippen molar-refractivity contribution in [3.63, 3.8) is 0 Å². The number of aryl methyl sites for hydroxylation is 2. The number of nitrogens with zero attached hydrogens (tertiary/aromatic N) is 3. The molecular formula is C29H30ClN3O2. The zero-order valence-corrected chi connectivity index (χ0v) is 20.7. The molecule has 0 bridgehead atoms. The van der Waals surface area contributed by atoms with Crippen LogP contribution in [0.15, 0.2) is 72.8 Å². The Morgan fingerprint density at radius 1 is 1.00 bits per heavy atom. The zero-order chi connectivity index (χ0) is 24.2. The molecule has 1 fully saturated rings. The Bertz CT molecular complexity index is 1320. The molecule has 0 saturated carbocycles. The lowest BCUT2D eigenvalue weighted by atomic mass is 10.1. The summed E-state index contributed by atoms with van der Waals surface area (Å²) >= 11 is 5.95. The van der Waals surface area contributed by atoms with Crippen LogP contribution in [0.25, 0.3) is 11.0 Å². The molecule has 1 aromatic heterocycles. The first-order valence-electron chi connectivity index (χ1n) is 12.4. The van der Waals surface area contributed by atoms with E-state index in [1.807, 2.05) is 47.4 Å². The average Bonchev–Trinajstić information content (AvgIpc) is 3.45. The van der Waals surface area contributed by atoms with E-state index in [9.17, 15) is 4.79 Å². The summed E-state index contributed by atoms with van der Waals surface area (Å²) in [6.45, 7) is 4.29. The van der Waals surface area contributed by atoms with Gasteiger partial charge in [-0.2, -0.15) is 0 Å². The number of unbranched alkanes of at least 4 members (excludes halogenated alkanes) is 1. The summed E-state index contributed by atoms with van der Waals surface area (Å²) in [5.74, 6) is 2.09. The number of para-hydroxylation sites is 3. The minimum absolute atomic E-state index is 0.0742. The fourth-order valence-electron chi connectivity index (χ4n) is 4.92. The molecule has 0 spiro atoms. The zero-order valence-electron chi connectivity index (χ0n) is 20.0. The summed E-state index contributed by atoms with van der Waals surface area (Å²) in [7, 11) is 0. The minimum Gasteiger partial charge on any atom is -0.494 e. The lowest BCUT2D eigenvalue weighted by Crippen LogP contribution is -2.25. The van der Waals surface area contributed by atoms with Crippen LogP contribution in [0.1, 0.15) is 43.5 Å². The monoisotopic (exact) mass is 487 g/mol. The number of amides is 1.